The molecule has 0 aliphatic heterocycles. The van der Waals surface area contributed by atoms with Crippen molar-refractivity contribution in [3.8, 4) is 0 Å². The Balaban J connectivity index is 2.08. The van der Waals surface area contributed by atoms with E-state index in [1.165, 1.54) is 49.6 Å². The molecule has 0 spiro atoms. The minimum Gasteiger partial charge on any atom is -0.465 e. The predicted molar refractivity (Wildman–Crippen MR) is 128 cm³/mol. The Labute approximate surface area is 198 Å². The molecule has 0 aliphatic carbocycles. The smallest absolute Gasteiger partial charge is 0.338 e. The second kappa shape index (κ2) is 9.81. The Kier molecular flexibility index (Phi) is 7.26. The molecule has 180 valence electrons. The number of anilines is 2. The van der Waals surface area contributed by atoms with Crippen molar-refractivity contribution in [2.45, 2.75) is 23.6 Å². The van der Waals surface area contributed by atoms with Crippen molar-refractivity contribution >= 4 is 37.4 Å². The van der Waals surface area contributed by atoms with E-state index in [9.17, 15) is 21.6 Å². The molecule has 0 fully saturated rings. The Bertz CT molecular complexity index is 1330. The first-order valence-electron chi connectivity index (χ1n) is 9.88. The minimum absolute atomic E-state index is 0.00781. The van der Waals surface area contributed by atoms with Crippen LogP contribution in [0.3, 0.4) is 0 Å². The maximum atomic E-state index is 13.0. The first-order chi connectivity index (χ1) is 15.9. The van der Waals surface area contributed by atoms with Crippen molar-refractivity contribution < 1.29 is 26.4 Å². The van der Waals surface area contributed by atoms with E-state index >= 15 is 0 Å². The third-order valence-corrected chi connectivity index (χ3v) is 7.34. The quantitative estimate of drug-likeness (QED) is 0.240. The number of benzene rings is 3. The third-order valence-electron chi connectivity index (χ3n) is 4.70. The van der Waals surface area contributed by atoms with Gasteiger partial charge in [-0.3, -0.25) is 0 Å². The van der Waals surface area contributed by atoms with E-state index in [1.807, 2.05) is 0 Å². The molecule has 0 aliphatic rings. The summed E-state index contributed by atoms with van der Waals surface area (Å²) in [5.41, 5.74) is 7.57. The highest BCUT2D eigenvalue weighted by Crippen LogP contribution is 2.22. The Morgan fingerprint density at radius 2 is 1.24 bits per heavy atom. The van der Waals surface area contributed by atoms with Crippen LogP contribution in [0.2, 0.25) is 0 Å². The molecule has 3 aromatic carbocycles. The highest BCUT2D eigenvalue weighted by molar-refractivity contribution is 7.90. The first-order valence-corrected chi connectivity index (χ1v) is 12.9. The number of esters is 1. The highest BCUT2D eigenvalue weighted by atomic mass is 32.2. The summed E-state index contributed by atoms with van der Waals surface area (Å²) in [5, 5.41) is 0.674. The van der Waals surface area contributed by atoms with E-state index in [0.29, 0.717) is 5.12 Å². The Morgan fingerprint density at radius 1 is 0.794 bits per heavy atom. The number of sulfonamides is 2. The lowest BCUT2D eigenvalue weighted by atomic mass is 10.2. The van der Waals surface area contributed by atoms with Gasteiger partial charge in [0, 0.05) is 5.69 Å². The van der Waals surface area contributed by atoms with Gasteiger partial charge in [0.15, 0.2) is 0 Å². The summed E-state index contributed by atoms with van der Waals surface area (Å²) in [6, 6.07) is 15.8. The fourth-order valence-electron chi connectivity index (χ4n) is 2.90. The van der Waals surface area contributed by atoms with Crippen LogP contribution in [-0.2, 0) is 24.8 Å². The largest absolute Gasteiger partial charge is 0.465 e. The SMILES string of the molecule is COC(=O)c1cc(N)cc(N(NS(=O)(=O)c2ccc(C)cc2)NS(=O)(=O)c2ccc(C)cc2)c1. The molecule has 0 saturated heterocycles. The number of hydrazine groups is 2. The van der Waals surface area contributed by atoms with E-state index in [1.54, 1.807) is 38.1 Å². The zero-order valence-corrected chi connectivity index (χ0v) is 20.3. The molecular weight excluding hydrogens is 480 g/mol. The fraction of sp³-hybridized carbons (Fsp3) is 0.136. The van der Waals surface area contributed by atoms with Gasteiger partial charge in [0.05, 0.1) is 28.2 Å². The van der Waals surface area contributed by atoms with Gasteiger partial charge in [-0.1, -0.05) is 35.4 Å². The molecule has 0 amide bonds. The fourth-order valence-corrected chi connectivity index (χ4v) is 4.94. The first kappa shape index (κ1) is 25.2. The number of carbonyl (C=O) groups is 1. The summed E-state index contributed by atoms with van der Waals surface area (Å²) in [6.45, 7) is 3.60. The minimum atomic E-state index is -4.25. The highest BCUT2D eigenvalue weighted by Gasteiger charge is 2.25. The van der Waals surface area contributed by atoms with E-state index < -0.39 is 26.0 Å². The summed E-state index contributed by atoms with van der Waals surface area (Å²) in [6.07, 6.45) is 0. The van der Waals surface area contributed by atoms with Crippen molar-refractivity contribution in [1.29, 1.82) is 0 Å². The van der Waals surface area contributed by atoms with Gasteiger partial charge in [0.1, 0.15) is 0 Å². The van der Waals surface area contributed by atoms with Gasteiger partial charge < -0.3 is 10.5 Å². The number of carbonyl (C=O) groups excluding carboxylic acids is 1. The van der Waals surface area contributed by atoms with Crippen molar-refractivity contribution in [3.63, 3.8) is 0 Å². The van der Waals surface area contributed by atoms with Gasteiger partial charge in [0.25, 0.3) is 20.0 Å². The van der Waals surface area contributed by atoms with E-state index in [2.05, 4.69) is 9.66 Å². The predicted octanol–water partition coefficient (Wildman–Crippen LogP) is 2.27. The number of hydrogen-bond donors (Lipinski definition) is 3. The van der Waals surface area contributed by atoms with E-state index in [0.717, 1.165) is 11.1 Å². The van der Waals surface area contributed by atoms with Crippen LogP contribution in [0.25, 0.3) is 0 Å². The number of aryl methyl sites for hydroxylation is 2. The molecule has 0 saturated carbocycles. The summed E-state index contributed by atoms with van der Waals surface area (Å²) in [4.78, 5) is 16.2. The van der Waals surface area contributed by atoms with Crippen LogP contribution in [-0.4, -0.2) is 29.9 Å². The van der Waals surface area contributed by atoms with Crippen LogP contribution in [0.1, 0.15) is 21.5 Å². The number of nitrogens with zero attached hydrogens (tertiary/aromatic N) is 1. The zero-order valence-electron chi connectivity index (χ0n) is 18.6. The van der Waals surface area contributed by atoms with Crippen molar-refractivity contribution in [2.75, 3.05) is 18.0 Å². The van der Waals surface area contributed by atoms with Gasteiger partial charge in [-0.2, -0.15) is 0 Å². The monoisotopic (exact) mass is 504 g/mol. The topological polar surface area (TPSA) is 148 Å². The average molecular weight is 505 g/mol. The lowest BCUT2D eigenvalue weighted by molar-refractivity contribution is 0.0601. The van der Waals surface area contributed by atoms with E-state index in [4.69, 9.17) is 10.5 Å². The zero-order chi connectivity index (χ0) is 25.1. The molecule has 4 N–H and O–H groups in total. The molecule has 34 heavy (non-hydrogen) atoms. The molecule has 3 aromatic rings. The third kappa shape index (κ3) is 5.91. The molecule has 0 heterocycles. The van der Waals surface area contributed by atoms with Gasteiger partial charge in [-0.05, 0) is 56.3 Å². The van der Waals surface area contributed by atoms with Crippen LogP contribution < -0.4 is 20.5 Å². The number of hydrogen-bond acceptors (Lipinski definition) is 8. The van der Waals surface area contributed by atoms with Crippen molar-refractivity contribution in [3.05, 3.63) is 83.4 Å². The number of nitrogens with one attached hydrogen (secondary N) is 2. The van der Waals surface area contributed by atoms with Gasteiger partial charge in [0.2, 0.25) is 0 Å². The lowest BCUT2D eigenvalue weighted by Crippen LogP contribution is -2.53. The molecule has 3 rings (SSSR count). The molecule has 12 heteroatoms. The summed E-state index contributed by atoms with van der Waals surface area (Å²) < 4.78 is 56.9. The van der Waals surface area contributed by atoms with Gasteiger partial charge >= 0.3 is 5.97 Å². The molecule has 0 aromatic heterocycles. The van der Waals surface area contributed by atoms with E-state index in [-0.39, 0.29) is 26.7 Å². The lowest BCUT2D eigenvalue weighted by Gasteiger charge is -2.26. The molecule has 0 unspecified atom stereocenters. The number of ether oxygens (including phenoxy) is 1. The van der Waals surface area contributed by atoms with Crippen molar-refractivity contribution in [1.82, 2.24) is 9.66 Å². The second-order valence-corrected chi connectivity index (χ2v) is 10.8. The molecule has 0 radical (unpaired) electrons. The van der Waals surface area contributed by atoms with Gasteiger partial charge in [-0.15, -0.1) is 9.66 Å². The molecule has 0 bridgehead atoms. The van der Waals surface area contributed by atoms with Crippen LogP contribution in [0, 0.1) is 13.8 Å². The van der Waals surface area contributed by atoms with Crippen LogP contribution in [0.5, 0.6) is 0 Å². The number of nitrogen functional groups attached to an aromatic ring is 1. The Morgan fingerprint density at radius 3 is 1.65 bits per heavy atom. The van der Waals surface area contributed by atoms with Crippen LogP contribution in [0.4, 0.5) is 11.4 Å². The van der Waals surface area contributed by atoms with Crippen LogP contribution >= 0.6 is 0 Å². The maximum absolute atomic E-state index is 13.0. The molecular formula is C22H24N4O6S2. The molecule has 0 atom stereocenters. The number of methoxy groups -OCH3 is 1. The number of nitrogens with two attached hydrogens (primary N) is 1. The Hall–Kier alpha value is -3.45. The summed E-state index contributed by atoms with van der Waals surface area (Å²) in [5.74, 6) is -0.740. The normalized spacial score (nSPS) is 11.7. The number of rotatable bonds is 8. The average Bonchev–Trinajstić information content (AvgIpc) is 2.78. The second-order valence-electron chi connectivity index (χ2n) is 7.46. The van der Waals surface area contributed by atoms with Crippen LogP contribution in [0.15, 0.2) is 76.5 Å². The summed E-state index contributed by atoms with van der Waals surface area (Å²) >= 11 is 0. The summed E-state index contributed by atoms with van der Waals surface area (Å²) in [7, 11) is -7.32. The standard InChI is InChI=1S/C22H24N4O6S2/c1-15-4-8-20(9-5-15)33(28,29)24-26(19-13-17(22(27)32-3)12-18(23)14-19)25-34(30,31)21-10-6-16(2)7-11-21/h4-14,24-25H,23H2,1-3H3. The van der Waals surface area contributed by atoms with Gasteiger partial charge in [-0.25, -0.2) is 26.7 Å². The maximum Gasteiger partial charge on any atom is 0.338 e. The molecule has 10 nitrogen and oxygen atoms in total. The van der Waals surface area contributed by atoms with Crippen molar-refractivity contribution in [2.24, 2.45) is 0 Å².